The molecule has 1 fully saturated rings. The Morgan fingerprint density at radius 2 is 1.71 bits per heavy atom. The van der Waals surface area contributed by atoms with Crippen molar-refractivity contribution in [3.63, 3.8) is 0 Å². The predicted molar refractivity (Wildman–Crippen MR) is 123 cm³/mol. The first kappa shape index (κ1) is 20.4. The molecule has 31 heavy (non-hydrogen) atoms. The van der Waals surface area contributed by atoms with Gasteiger partial charge in [-0.15, -0.1) is 0 Å². The topological polar surface area (TPSA) is 79.2 Å². The normalized spacial score (nSPS) is 16.1. The Morgan fingerprint density at radius 3 is 2.42 bits per heavy atom. The van der Waals surface area contributed by atoms with Gasteiger partial charge in [0.2, 0.25) is 0 Å². The fourth-order valence-corrected chi connectivity index (χ4v) is 3.96. The number of nitrogens with zero attached hydrogens (tertiary/aromatic N) is 2. The maximum Gasteiger partial charge on any atom is 0.341 e. The molecule has 1 heterocycles. The van der Waals surface area contributed by atoms with Crippen LogP contribution < -0.4 is 9.64 Å². The number of hydrogen-bond acceptors (Lipinski definition) is 5. The standard InChI is InChI=1S/C24H18N2O4S/c27-22(28)16-30-20-13-7-8-17(14-20)15-21-23(29)26(19-11-5-2-6-12-19)24(31-21)25-18-9-3-1-4-10-18/h1-15H,16H2,(H,27,28)/b21-15+,25-24?. The minimum absolute atomic E-state index is 0.178. The van der Waals surface area contributed by atoms with Gasteiger partial charge in [0.05, 0.1) is 16.3 Å². The van der Waals surface area contributed by atoms with Gasteiger partial charge in [0, 0.05) is 0 Å². The van der Waals surface area contributed by atoms with Crippen LogP contribution in [0, 0.1) is 0 Å². The monoisotopic (exact) mass is 430 g/mol. The van der Waals surface area contributed by atoms with E-state index in [1.165, 1.54) is 11.8 Å². The molecule has 0 spiro atoms. The molecule has 0 atom stereocenters. The lowest BCUT2D eigenvalue weighted by molar-refractivity contribution is -0.139. The van der Waals surface area contributed by atoms with E-state index in [2.05, 4.69) is 4.99 Å². The van der Waals surface area contributed by atoms with Gasteiger partial charge < -0.3 is 9.84 Å². The van der Waals surface area contributed by atoms with Gasteiger partial charge in [0.25, 0.3) is 5.91 Å². The van der Waals surface area contributed by atoms with E-state index in [0.29, 0.717) is 15.8 Å². The number of carboxylic acids is 1. The number of aliphatic imine (C=N–C) groups is 1. The summed E-state index contributed by atoms with van der Waals surface area (Å²) in [5.41, 5.74) is 2.22. The lowest BCUT2D eigenvalue weighted by Gasteiger charge is -2.15. The van der Waals surface area contributed by atoms with Crippen LogP contribution in [0.5, 0.6) is 5.75 Å². The first-order valence-corrected chi connectivity index (χ1v) is 10.3. The molecule has 0 aromatic heterocycles. The van der Waals surface area contributed by atoms with Crippen molar-refractivity contribution in [2.45, 2.75) is 0 Å². The molecule has 0 saturated carbocycles. The minimum Gasteiger partial charge on any atom is -0.482 e. The number of aliphatic carboxylic acids is 1. The third-order valence-electron chi connectivity index (χ3n) is 4.32. The van der Waals surface area contributed by atoms with Crippen LogP contribution in [-0.4, -0.2) is 28.8 Å². The van der Waals surface area contributed by atoms with Gasteiger partial charge in [-0.3, -0.25) is 9.69 Å². The molecule has 0 radical (unpaired) electrons. The average molecular weight is 430 g/mol. The largest absolute Gasteiger partial charge is 0.482 e. The van der Waals surface area contributed by atoms with E-state index >= 15 is 0 Å². The van der Waals surface area contributed by atoms with Crippen LogP contribution in [0.15, 0.2) is 94.8 Å². The fraction of sp³-hybridized carbons (Fsp3) is 0.0417. The van der Waals surface area contributed by atoms with Gasteiger partial charge in [-0.05, 0) is 59.8 Å². The summed E-state index contributed by atoms with van der Waals surface area (Å²) in [7, 11) is 0. The zero-order valence-electron chi connectivity index (χ0n) is 16.3. The molecule has 6 nitrogen and oxygen atoms in total. The quantitative estimate of drug-likeness (QED) is 0.559. The van der Waals surface area contributed by atoms with Gasteiger partial charge in [-0.25, -0.2) is 9.79 Å². The second-order valence-electron chi connectivity index (χ2n) is 6.57. The maximum atomic E-state index is 13.3. The van der Waals surface area contributed by atoms with Crippen molar-refractivity contribution in [2.75, 3.05) is 11.5 Å². The maximum absolute atomic E-state index is 13.3. The molecule has 1 aliphatic heterocycles. The van der Waals surface area contributed by atoms with E-state index in [0.717, 1.165) is 16.9 Å². The molecule has 3 aromatic rings. The Morgan fingerprint density at radius 1 is 1.00 bits per heavy atom. The number of carbonyl (C=O) groups is 2. The number of amides is 1. The SMILES string of the molecule is O=C(O)COc1cccc(/C=C2/SC(=Nc3ccccc3)N(c3ccccc3)C2=O)c1. The van der Waals surface area contributed by atoms with Gasteiger partial charge in [0.15, 0.2) is 11.8 Å². The highest BCUT2D eigenvalue weighted by molar-refractivity contribution is 8.19. The van der Waals surface area contributed by atoms with E-state index < -0.39 is 12.6 Å². The van der Waals surface area contributed by atoms with E-state index in [4.69, 9.17) is 9.84 Å². The molecule has 0 unspecified atom stereocenters. The molecule has 4 rings (SSSR count). The van der Waals surface area contributed by atoms with Crippen molar-refractivity contribution >= 4 is 46.3 Å². The van der Waals surface area contributed by atoms with E-state index in [9.17, 15) is 9.59 Å². The molecule has 1 amide bonds. The van der Waals surface area contributed by atoms with Crippen LogP contribution in [0.25, 0.3) is 6.08 Å². The number of ether oxygens (including phenoxy) is 1. The molecule has 1 N–H and O–H groups in total. The Bertz CT molecular complexity index is 1160. The number of para-hydroxylation sites is 2. The van der Waals surface area contributed by atoms with E-state index in [1.54, 1.807) is 29.2 Å². The van der Waals surface area contributed by atoms with Crippen molar-refractivity contribution < 1.29 is 19.4 Å². The Kier molecular flexibility index (Phi) is 6.14. The second kappa shape index (κ2) is 9.32. The highest BCUT2D eigenvalue weighted by Gasteiger charge is 2.34. The summed E-state index contributed by atoms with van der Waals surface area (Å²) >= 11 is 1.29. The summed E-state index contributed by atoms with van der Waals surface area (Å²) in [6.07, 6.45) is 1.75. The molecular formula is C24H18N2O4S. The van der Waals surface area contributed by atoms with Crippen molar-refractivity contribution in [1.29, 1.82) is 0 Å². The fourth-order valence-electron chi connectivity index (χ4n) is 2.96. The summed E-state index contributed by atoms with van der Waals surface area (Å²) in [6, 6.07) is 25.8. The molecule has 1 aliphatic rings. The Labute approximate surface area is 183 Å². The molecule has 1 saturated heterocycles. The number of benzene rings is 3. The average Bonchev–Trinajstić information content (AvgIpc) is 3.08. The third kappa shape index (κ3) is 5.02. The Balaban J connectivity index is 1.68. The number of anilines is 1. The highest BCUT2D eigenvalue weighted by atomic mass is 32.2. The van der Waals surface area contributed by atoms with E-state index in [1.807, 2.05) is 66.7 Å². The number of hydrogen-bond donors (Lipinski definition) is 1. The molecular weight excluding hydrogens is 412 g/mol. The summed E-state index contributed by atoms with van der Waals surface area (Å²) in [6.45, 7) is -0.427. The molecule has 154 valence electrons. The predicted octanol–water partition coefficient (Wildman–Crippen LogP) is 4.96. The summed E-state index contributed by atoms with van der Waals surface area (Å²) in [4.78, 5) is 30.8. The number of carboxylic acid groups (broad SMARTS) is 1. The number of thioether (sulfide) groups is 1. The number of rotatable bonds is 6. The molecule has 0 bridgehead atoms. The zero-order chi connectivity index (χ0) is 21.6. The minimum atomic E-state index is -1.05. The van der Waals surface area contributed by atoms with Crippen molar-refractivity contribution in [3.05, 3.63) is 95.4 Å². The van der Waals surface area contributed by atoms with Crippen LogP contribution in [-0.2, 0) is 9.59 Å². The Hall–Kier alpha value is -3.84. The third-order valence-corrected chi connectivity index (χ3v) is 5.29. The molecule has 7 heteroatoms. The van der Waals surface area contributed by atoms with Crippen molar-refractivity contribution in [3.8, 4) is 5.75 Å². The van der Waals surface area contributed by atoms with Crippen LogP contribution in [0.1, 0.15) is 5.56 Å². The lowest BCUT2D eigenvalue weighted by atomic mass is 10.2. The molecule has 3 aromatic carbocycles. The van der Waals surface area contributed by atoms with Gasteiger partial charge in [-0.2, -0.15) is 0 Å². The number of carbonyl (C=O) groups excluding carboxylic acids is 1. The van der Waals surface area contributed by atoms with Crippen molar-refractivity contribution in [2.24, 2.45) is 4.99 Å². The van der Waals surface area contributed by atoms with Crippen LogP contribution >= 0.6 is 11.8 Å². The van der Waals surface area contributed by atoms with Crippen LogP contribution in [0.4, 0.5) is 11.4 Å². The van der Waals surface area contributed by atoms with Crippen molar-refractivity contribution in [1.82, 2.24) is 0 Å². The highest BCUT2D eigenvalue weighted by Crippen LogP contribution is 2.37. The first-order chi connectivity index (χ1) is 15.1. The van der Waals surface area contributed by atoms with E-state index in [-0.39, 0.29) is 5.91 Å². The first-order valence-electron chi connectivity index (χ1n) is 9.47. The zero-order valence-corrected chi connectivity index (χ0v) is 17.2. The molecule has 0 aliphatic carbocycles. The van der Waals surface area contributed by atoms with Gasteiger partial charge in [-0.1, -0.05) is 48.5 Å². The van der Waals surface area contributed by atoms with Crippen LogP contribution in [0.3, 0.4) is 0 Å². The lowest BCUT2D eigenvalue weighted by Crippen LogP contribution is -2.28. The smallest absolute Gasteiger partial charge is 0.341 e. The van der Waals surface area contributed by atoms with Gasteiger partial charge in [0.1, 0.15) is 5.75 Å². The van der Waals surface area contributed by atoms with Gasteiger partial charge >= 0.3 is 5.97 Å². The summed E-state index contributed by atoms with van der Waals surface area (Å²) in [5, 5.41) is 9.35. The van der Waals surface area contributed by atoms with Crippen LogP contribution in [0.2, 0.25) is 0 Å². The summed E-state index contributed by atoms with van der Waals surface area (Å²) in [5.74, 6) is -0.807. The second-order valence-corrected chi connectivity index (χ2v) is 7.58. The number of amidine groups is 1. The summed E-state index contributed by atoms with van der Waals surface area (Å²) < 4.78 is 5.24.